The van der Waals surface area contributed by atoms with E-state index in [9.17, 15) is 13.2 Å². The molecule has 0 saturated heterocycles. The van der Waals surface area contributed by atoms with Gasteiger partial charge < -0.3 is 0 Å². The molecule has 0 N–H and O–H groups in total. The van der Waals surface area contributed by atoms with Crippen LogP contribution in [0.1, 0.15) is 61.1 Å². The lowest BCUT2D eigenvalue weighted by molar-refractivity contribution is -0.137. The average Bonchev–Trinajstić information content (AvgIpc) is 2.91. The smallest absolute Gasteiger partial charge is 0.256 e. The molecule has 4 rings (SSSR count). The number of benzene rings is 2. The third kappa shape index (κ3) is 4.04. The normalized spacial score (nSPS) is 15.6. The fourth-order valence-electron chi connectivity index (χ4n) is 5.49. The highest BCUT2D eigenvalue weighted by Crippen LogP contribution is 2.46. The van der Waals surface area contributed by atoms with Crippen LogP contribution in [-0.4, -0.2) is 13.1 Å². The Bertz CT molecular complexity index is 1290. The molecule has 0 amide bonds. The molecule has 0 spiro atoms. The van der Waals surface area contributed by atoms with Crippen molar-refractivity contribution in [1.29, 1.82) is 0 Å². The van der Waals surface area contributed by atoms with E-state index in [2.05, 4.69) is 69.2 Å². The molecule has 0 unspecified atom stereocenters. The Morgan fingerprint density at radius 2 is 1.35 bits per heavy atom. The summed E-state index contributed by atoms with van der Waals surface area (Å²) >= 11 is 0. The van der Waals surface area contributed by atoms with E-state index in [1.54, 1.807) is 0 Å². The van der Waals surface area contributed by atoms with Gasteiger partial charge in [0, 0.05) is 11.8 Å². The van der Waals surface area contributed by atoms with Crippen LogP contribution < -0.4 is 5.19 Å². The molecule has 1 aliphatic heterocycles. The molecule has 0 bridgehead atoms. The van der Waals surface area contributed by atoms with E-state index >= 15 is 0 Å². The summed E-state index contributed by atoms with van der Waals surface area (Å²) in [4.78, 5) is 4.46. The zero-order chi connectivity index (χ0) is 25.2. The topological polar surface area (TPSA) is 12.9 Å². The highest BCUT2D eigenvalue weighted by Gasteiger charge is 2.46. The molecule has 0 saturated carbocycles. The zero-order valence-corrected chi connectivity index (χ0v) is 22.2. The number of hydrogen-bond acceptors (Lipinski definition) is 1. The molecule has 0 atom stereocenters. The number of halogens is 3. The van der Waals surface area contributed by atoms with Gasteiger partial charge in [-0.2, -0.15) is 13.2 Å². The molecular formula is C29H32F3NSi. The third-order valence-electron chi connectivity index (χ3n) is 6.92. The van der Waals surface area contributed by atoms with Crippen LogP contribution >= 0.6 is 0 Å². The van der Waals surface area contributed by atoms with Crippen LogP contribution in [0.3, 0.4) is 0 Å². The van der Waals surface area contributed by atoms with Crippen LogP contribution in [0.25, 0.3) is 22.0 Å². The van der Waals surface area contributed by atoms with Crippen molar-refractivity contribution in [2.75, 3.05) is 0 Å². The molecule has 34 heavy (non-hydrogen) atoms. The molecule has 2 aromatic carbocycles. The summed E-state index contributed by atoms with van der Waals surface area (Å²) in [6, 6.07) is 14.5. The predicted octanol–water partition coefficient (Wildman–Crippen LogP) is 8.08. The van der Waals surface area contributed by atoms with Gasteiger partial charge in [-0.15, -0.1) is 0 Å². The van der Waals surface area contributed by atoms with Gasteiger partial charge in [0.15, 0.2) is 0 Å². The number of hydrogen-bond donors (Lipinski definition) is 0. The summed E-state index contributed by atoms with van der Waals surface area (Å²) in [5, 5.41) is 1.85. The van der Waals surface area contributed by atoms with Gasteiger partial charge in [0.25, 0.3) is 0 Å². The lowest BCUT2D eigenvalue weighted by Crippen LogP contribution is -2.43. The van der Waals surface area contributed by atoms with Crippen molar-refractivity contribution >= 4 is 24.0 Å². The Morgan fingerprint density at radius 3 is 1.85 bits per heavy atom. The second-order valence-corrected chi connectivity index (χ2v) is 15.3. The predicted molar refractivity (Wildman–Crippen MR) is 139 cm³/mol. The summed E-state index contributed by atoms with van der Waals surface area (Å²) in [7, 11) is -2.51. The van der Waals surface area contributed by atoms with E-state index in [0.29, 0.717) is 11.3 Å². The van der Waals surface area contributed by atoms with Crippen LogP contribution in [0.15, 0.2) is 48.7 Å². The summed E-state index contributed by atoms with van der Waals surface area (Å²) < 4.78 is 42.6. The van der Waals surface area contributed by atoms with E-state index in [-0.39, 0.29) is 5.41 Å². The minimum atomic E-state index is -4.46. The lowest BCUT2D eigenvalue weighted by atomic mass is 9.86. The standard InChI is InChI=1S/C29H32F3NSi/c1-17-13-18(2)15-21(14-17)25-27-24(23(16-33-25)29(30,31)32)19(3)26(34(27,7)8)20-9-11-22(12-10-20)28(4,5)6/h9-16H,1-8H3. The SMILES string of the molecule is CC1=C(c2ccc(C(C)(C)C)cc2)[Si](C)(C)c2c(-c3cc(C)cc(C)c3)ncc(C(F)(F)F)c21. The van der Waals surface area contributed by atoms with Crippen molar-refractivity contribution in [2.45, 2.75) is 66.2 Å². The number of nitrogens with zero attached hydrogens (tertiary/aromatic N) is 1. The monoisotopic (exact) mass is 479 g/mol. The van der Waals surface area contributed by atoms with E-state index in [0.717, 1.165) is 44.4 Å². The number of pyridine rings is 1. The molecule has 0 radical (unpaired) electrons. The first-order valence-electron chi connectivity index (χ1n) is 11.6. The number of allylic oxidation sites excluding steroid dienone is 1. The molecule has 2 heterocycles. The maximum Gasteiger partial charge on any atom is 0.418 e. The number of aryl methyl sites for hydroxylation is 2. The van der Waals surface area contributed by atoms with Crippen LogP contribution in [0.4, 0.5) is 13.2 Å². The van der Waals surface area contributed by atoms with Crippen molar-refractivity contribution in [1.82, 2.24) is 4.98 Å². The molecule has 3 aromatic rings. The van der Waals surface area contributed by atoms with Crippen molar-refractivity contribution < 1.29 is 13.2 Å². The van der Waals surface area contributed by atoms with E-state index in [4.69, 9.17) is 0 Å². The zero-order valence-electron chi connectivity index (χ0n) is 21.2. The number of fused-ring (bicyclic) bond motifs is 1. The first-order chi connectivity index (χ1) is 15.6. The quantitative estimate of drug-likeness (QED) is 0.339. The fraction of sp³-hybridized carbons (Fsp3) is 0.345. The second-order valence-electron chi connectivity index (χ2n) is 11.1. The van der Waals surface area contributed by atoms with Crippen LogP contribution in [0.5, 0.6) is 0 Å². The lowest BCUT2D eigenvalue weighted by Gasteiger charge is -2.26. The molecule has 178 valence electrons. The Labute approximate surface area is 201 Å². The van der Waals surface area contributed by atoms with Crippen LogP contribution in [-0.2, 0) is 11.6 Å². The average molecular weight is 480 g/mol. The van der Waals surface area contributed by atoms with Gasteiger partial charge in [0.1, 0.15) is 8.07 Å². The van der Waals surface area contributed by atoms with Gasteiger partial charge in [-0.1, -0.05) is 75.3 Å². The minimum Gasteiger partial charge on any atom is -0.256 e. The Hall–Kier alpha value is -2.66. The Kier molecular flexibility index (Phi) is 5.71. The van der Waals surface area contributed by atoms with Gasteiger partial charge >= 0.3 is 6.18 Å². The molecule has 0 fully saturated rings. The molecule has 1 aromatic heterocycles. The van der Waals surface area contributed by atoms with Crippen LogP contribution in [0, 0.1) is 13.8 Å². The van der Waals surface area contributed by atoms with Gasteiger partial charge in [0.2, 0.25) is 0 Å². The van der Waals surface area contributed by atoms with Crippen molar-refractivity contribution in [2.24, 2.45) is 0 Å². The van der Waals surface area contributed by atoms with Gasteiger partial charge in [-0.3, -0.25) is 4.98 Å². The van der Waals surface area contributed by atoms with Crippen molar-refractivity contribution in [3.05, 3.63) is 82.0 Å². The summed E-state index contributed by atoms with van der Waals surface area (Å²) in [5.74, 6) is 0. The van der Waals surface area contributed by atoms with Crippen LogP contribution in [0.2, 0.25) is 13.1 Å². The molecule has 1 aliphatic rings. The molecule has 1 nitrogen and oxygen atoms in total. The van der Waals surface area contributed by atoms with Gasteiger partial charge in [0.05, 0.1) is 11.3 Å². The van der Waals surface area contributed by atoms with Crippen molar-refractivity contribution in [3.8, 4) is 11.3 Å². The maximum atomic E-state index is 14.2. The molecular weight excluding hydrogens is 447 g/mol. The largest absolute Gasteiger partial charge is 0.418 e. The van der Waals surface area contributed by atoms with E-state index in [1.807, 2.05) is 32.9 Å². The maximum absolute atomic E-state index is 14.2. The summed E-state index contributed by atoms with van der Waals surface area (Å²) in [6.45, 7) is 16.7. The van der Waals surface area contributed by atoms with E-state index < -0.39 is 19.8 Å². The number of aromatic nitrogens is 1. The first kappa shape index (κ1) is 24.5. The highest BCUT2D eigenvalue weighted by atomic mass is 28.3. The fourth-order valence-corrected chi connectivity index (χ4v) is 9.44. The first-order valence-corrected chi connectivity index (χ1v) is 14.6. The summed E-state index contributed by atoms with van der Waals surface area (Å²) in [5.41, 5.74) is 6.39. The Balaban J connectivity index is 2.01. The van der Waals surface area contributed by atoms with Crippen molar-refractivity contribution in [3.63, 3.8) is 0 Å². The highest BCUT2D eigenvalue weighted by molar-refractivity contribution is 7.08. The van der Waals surface area contributed by atoms with Gasteiger partial charge in [-0.05, 0) is 71.0 Å². The number of rotatable bonds is 2. The number of alkyl halides is 3. The molecule has 0 aliphatic carbocycles. The minimum absolute atomic E-state index is 0.0110. The third-order valence-corrected chi connectivity index (χ3v) is 10.6. The van der Waals surface area contributed by atoms with E-state index in [1.165, 1.54) is 5.56 Å². The van der Waals surface area contributed by atoms with Gasteiger partial charge in [-0.25, -0.2) is 0 Å². The summed E-state index contributed by atoms with van der Waals surface area (Å²) in [6.07, 6.45) is -3.43. The second kappa shape index (κ2) is 7.94. The molecule has 5 heteroatoms. The Morgan fingerprint density at radius 1 is 0.794 bits per heavy atom.